The molecule has 0 spiro atoms. The molecule has 2 heterocycles. The highest BCUT2D eigenvalue weighted by Crippen LogP contribution is 2.29. The van der Waals surface area contributed by atoms with Crippen LogP contribution >= 0.6 is 15.9 Å². The largest absolute Gasteiger partial charge is 0.396 e. The molecule has 0 aliphatic heterocycles. The van der Waals surface area contributed by atoms with Gasteiger partial charge in [-0.1, -0.05) is 0 Å². The number of nitrogens with two attached hydrogens (primary N) is 1. The predicted molar refractivity (Wildman–Crippen MR) is 58.6 cm³/mol. The average molecular weight is 253 g/mol. The molecular formula is C9H9BrN4. The molecule has 0 fully saturated rings. The van der Waals surface area contributed by atoms with Gasteiger partial charge >= 0.3 is 0 Å². The first-order valence-electron chi connectivity index (χ1n) is 4.08. The Balaban J connectivity index is 2.66. The van der Waals surface area contributed by atoms with Crippen molar-refractivity contribution in [2.24, 2.45) is 7.05 Å². The van der Waals surface area contributed by atoms with E-state index in [-0.39, 0.29) is 0 Å². The van der Waals surface area contributed by atoms with Crippen molar-refractivity contribution in [3.05, 3.63) is 29.1 Å². The number of aryl methyl sites for hydroxylation is 1. The second-order valence-corrected chi connectivity index (χ2v) is 3.67. The molecule has 0 saturated heterocycles. The number of pyridine rings is 1. The lowest BCUT2D eigenvalue weighted by molar-refractivity contribution is 0.775. The van der Waals surface area contributed by atoms with Crippen LogP contribution in [0.3, 0.4) is 0 Å². The van der Waals surface area contributed by atoms with Gasteiger partial charge < -0.3 is 5.73 Å². The smallest absolute Gasteiger partial charge is 0.115 e. The third-order valence-electron chi connectivity index (χ3n) is 1.98. The molecule has 5 heteroatoms. The maximum Gasteiger partial charge on any atom is 0.115 e. The van der Waals surface area contributed by atoms with Crippen LogP contribution in [-0.4, -0.2) is 14.8 Å². The molecule has 2 N–H and O–H groups in total. The second kappa shape index (κ2) is 3.42. The van der Waals surface area contributed by atoms with Gasteiger partial charge in [0.15, 0.2) is 0 Å². The zero-order valence-corrected chi connectivity index (χ0v) is 9.19. The van der Waals surface area contributed by atoms with Gasteiger partial charge in [0, 0.05) is 18.8 Å². The summed E-state index contributed by atoms with van der Waals surface area (Å²) in [6.07, 6.45) is 3.36. The Labute approximate surface area is 89.9 Å². The Kier molecular flexibility index (Phi) is 2.25. The molecule has 72 valence electrons. The normalized spacial score (nSPS) is 10.4. The van der Waals surface area contributed by atoms with Gasteiger partial charge in [0.25, 0.3) is 0 Å². The molecule has 0 bridgehead atoms. The van der Waals surface area contributed by atoms with Crippen molar-refractivity contribution in [2.75, 3.05) is 5.73 Å². The summed E-state index contributed by atoms with van der Waals surface area (Å²) in [5, 5.41) is 4.08. The molecule has 2 rings (SSSR count). The summed E-state index contributed by atoms with van der Waals surface area (Å²) in [5.41, 5.74) is 8.29. The number of aromatic nitrogens is 3. The number of hydrogen-bond acceptors (Lipinski definition) is 3. The lowest BCUT2D eigenvalue weighted by Crippen LogP contribution is -1.97. The maximum absolute atomic E-state index is 5.81. The van der Waals surface area contributed by atoms with Crippen molar-refractivity contribution in [1.29, 1.82) is 0 Å². The molecule has 14 heavy (non-hydrogen) atoms. The van der Waals surface area contributed by atoms with Gasteiger partial charge in [-0.05, 0) is 28.1 Å². The van der Waals surface area contributed by atoms with Crippen LogP contribution in [-0.2, 0) is 7.05 Å². The van der Waals surface area contributed by atoms with Crippen LogP contribution in [0.5, 0.6) is 0 Å². The number of nitrogens with zero attached hydrogens (tertiary/aromatic N) is 3. The Hall–Kier alpha value is -1.36. The first-order valence-corrected chi connectivity index (χ1v) is 4.88. The molecule has 0 amide bonds. The van der Waals surface area contributed by atoms with Crippen LogP contribution in [0.25, 0.3) is 11.3 Å². The van der Waals surface area contributed by atoms with E-state index in [4.69, 9.17) is 5.73 Å². The summed E-state index contributed by atoms with van der Waals surface area (Å²) in [5.74, 6) is 0. The number of halogens is 1. The number of hydrogen-bond donors (Lipinski definition) is 1. The average Bonchev–Trinajstić information content (AvgIpc) is 2.48. The van der Waals surface area contributed by atoms with E-state index in [0.29, 0.717) is 5.69 Å². The highest BCUT2D eigenvalue weighted by Gasteiger charge is 2.11. The molecule has 0 saturated carbocycles. The van der Waals surface area contributed by atoms with Gasteiger partial charge in [-0.2, -0.15) is 5.10 Å². The molecule has 0 aromatic carbocycles. The molecule has 2 aromatic rings. The summed E-state index contributed by atoms with van der Waals surface area (Å²) in [6, 6.07) is 3.82. The molecule has 0 radical (unpaired) electrons. The van der Waals surface area contributed by atoms with Crippen LogP contribution in [0, 0.1) is 0 Å². The first kappa shape index (κ1) is 9.21. The van der Waals surface area contributed by atoms with Gasteiger partial charge in [-0.25, -0.2) is 4.98 Å². The summed E-state index contributed by atoms with van der Waals surface area (Å²) in [6.45, 7) is 0. The topological polar surface area (TPSA) is 56.7 Å². The highest BCUT2D eigenvalue weighted by atomic mass is 79.9. The molecular weight excluding hydrogens is 244 g/mol. The van der Waals surface area contributed by atoms with Gasteiger partial charge in [0.05, 0.1) is 17.6 Å². The third-order valence-corrected chi connectivity index (χ3v) is 2.61. The lowest BCUT2D eigenvalue weighted by Gasteiger charge is -2.04. The summed E-state index contributed by atoms with van der Waals surface area (Å²) in [7, 11) is 1.85. The van der Waals surface area contributed by atoms with Gasteiger partial charge in [-0.15, -0.1) is 0 Å². The fraction of sp³-hybridized carbons (Fsp3) is 0.111. The Morgan fingerprint density at radius 2 is 2.29 bits per heavy atom. The van der Waals surface area contributed by atoms with Crippen molar-refractivity contribution in [1.82, 2.24) is 14.8 Å². The number of nitrogen functional groups attached to an aromatic ring is 1. The van der Waals surface area contributed by atoms with Gasteiger partial charge in [0.2, 0.25) is 0 Å². The fourth-order valence-corrected chi connectivity index (χ4v) is 1.79. The van der Waals surface area contributed by atoms with E-state index < -0.39 is 0 Å². The van der Waals surface area contributed by atoms with Crippen molar-refractivity contribution in [2.45, 2.75) is 0 Å². The summed E-state index contributed by atoms with van der Waals surface area (Å²) >= 11 is 3.38. The van der Waals surface area contributed by atoms with Gasteiger partial charge in [-0.3, -0.25) is 4.68 Å². The van der Waals surface area contributed by atoms with Crippen molar-refractivity contribution < 1.29 is 0 Å². The minimum atomic E-state index is 0.654. The predicted octanol–water partition coefficient (Wildman–Crippen LogP) is 1.83. The van der Waals surface area contributed by atoms with Crippen LogP contribution in [0.15, 0.2) is 29.1 Å². The molecule has 0 aliphatic carbocycles. The quantitative estimate of drug-likeness (QED) is 0.789. The Morgan fingerprint density at radius 1 is 1.50 bits per heavy atom. The van der Waals surface area contributed by atoms with Crippen LogP contribution in [0.2, 0.25) is 0 Å². The van der Waals surface area contributed by atoms with E-state index in [1.54, 1.807) is 17.1 Å². The van der Waals surface area contributed by atoms with Crippen molar-refractivity contribution in [3.63, 3.8) is 0 Å². The minimum Gasteiger partial charge on any atom is -0.396 e. The summed E-state index contributed by atoms with van der Waals surface area (Å²) in [4.78, 5) is 4.14. The van der Waals surface area contributed by atoms with E-state index in [9.17, 15) is 0 Å². The Morgan fingerprint density at radius 3 is 2.86 bits per heavy atom. The van der Waals surface area contributed by atoms with Crippen LogP contribution in [0.1, 0.15) is 0 Å². The van der Waals surface area contributed by atoms with E-state index in [1.807, 2.05) is 19.2 Å². The standard InChI is InChI=1S/C9H9BrN4/c1-14-8(7(11)5-13-14)6-3-2-4-12-9(6)10/h2-5H,11H2,1H3. The Bertz CT molecular complexity index is 444. The molecule has 0 unspecified atom stereocenters. The minimum absolute atomic E-state index is 0.654. The fourth-order valence-electron chi connectivity index (χ4n) is 1.35. The van der Waals surface area contributed by atoms with E-state index in [1.165, 1.54) is 0 Å². The van der Waals surface area contributed by atoms with Crippen LogP contribution in [0.4, 0.5) is 5.69 Å². The van der Waals surface area contributed by atoms with Gasteiger partial charge in [0.1, 0.15) is 4.60 Å². The van der Waals surface area contributed by atoms with E-state index in [2.05, 4.69) is 26.0 Å². The molecule has 0 atom stereocenters. The summed E-state index contributed by atoms with van der Waals surface area (Å²) < 4.78 is 2.51. The number of anilines is 1. The molecule has 2 aromatic heterocycles. The third kappa shape index (κ3) is 1.39. The van der Waals surface area contributed by atoms with Crippen molar-refractivity contribution in [3.8, 4) is 11.3 Å². The van der Waals surface area contributed by atoms with E-state index in [0.717, 1.165) is 15.9 Å². The van der Waals surface area contributed by atoms with Crippen molar-refractivity contribution >= 4 is 21.6 Å². The first-order chi connectivity index (χ1) is 6.70. The maximum atomic E-state index is 5.81. The lowest BCUT2D eigenvalue weighted by atomic mass is 10.2. The monoisotopic (exact) mass is 252 g/mol. The van der Waals surface area contributed by atoms with Crippen LogP contribution < -0.4 is 5.73 Å². The number of rotatable bonds is 1. The second-order valence-electron chi connectivity index (χ2n) is 2.91. The zero-order chi connectivity index (χ0) is 10.1. The van der Waals surface area contributed by atoms with E-state index >= 15 is 0 Å². The SMILES string of the molecule is Cn1ncc(N)c1-c1cccnc1Br. The zero-order valence-electron chi connectivity index (χ0n) is 7.61. The molecule has 0 aliphatic rings. The molecule has 4 nitrogen and oxygen atoms in total. The highest BCUT2D eigenvalue weighted by molar-refractivity contribution is 9.10.